The van der Waals surface area contributed by atoms with Crippen LogP contribution in [0.25, 0.3) is 0 Å². The lowest BCUT2D eigenvalue weighted by molar-refractivity contribution is -0.204. The van der Waals surface area contributed by atoms with Gasteiger partial charge < -0.3 is 13.8 Å². The molecule has 0 aromatic carbocycles. The third-order valence-electron chi connectivity index (χ3n) is 3.91. The van der Waals surface area contributed by atoms with Crippen molar-refractivity contribution >= 4 is 18.5 Å². The Hall–Kier alpha value is -1.04. The number of aromatic amines is 1. The van der Waals surface area contributed by atoms with E-state index in [-0.39, 0.29) is 0 Å². The molecule has 13 heteroatoms. The second-order valence-electron chi connectivity index (χ2n) is 6.13. The van der Waals surface area contributed by atoms with E-state index in [9.17, 15) is 18.4 Å². The fourth-order valence-electron chi connectivity index (χ4n) is 2.78. The summed E-state index contributed by atoms with van der Waals surface area (Å²) in [4.78, 5) is 25.0. The summed E-state index contributed by atoms with van der Waals surface area (Å²) < 4.78 is 64.2. The van der Waals surface area contributed by atoms with Gasteiger partial charge in [-0.05, 0) is 25.7 Å². The molecule has 0 radical (unpaired) electrons. The molecule has 26 heavy (non-hydrogen) atoms. The molecule has 8 nitrogen and oxygen atoms in total. The SMILES string of the molecule is CC(C)OP1(=S)OC[C@@]2(C(F)F)O[C@@H](n3ccc(=O)[nH]c3=O)[C@H](F)[C@@H]2O1. The van der Waals surface area contributed by atoms with E-state index >= 15 is 4.39 Å². The van der Waals surface area contributed by atoms with E-state index in [0.717, 1.165) is 12.3 Å². The van der Waals surface area contributed by atoms with Crippen LogP contribution in [0.4, 0.5) is 13.2 Å². The Morgan fingerprint density at radius 1 is 1.46 bits per heavy atom. The van der Waals surface area contributed by atoms with Gasteiger partial charge in [0, 0.05) is 12.3 Å². The third kappa shape index (κ3) is 3.30. The van der Waals surface area contributed by atoms with Crippen LogP contribution in [0.15, 0.2) is 21.9 Å². The number of halogens is 3. The summed E-state index contributed by atoms with van der Waals surface area (Å²) in [5.41, 5.74) is -4.18. The highest BCUT2D eigenvalue weighted by Crippen LogP contribution is 2.61. The Morgan fingerprint density at radius 2 is 2.15 bits per heavy atom. The molecule has 2 fully saturated rings. The van der Waals surface area contributed by atoms with Gasteiger partial charge in [0.15, 0.2) is 18.0 Å². The van der Waals surface area contributed by atoms with Crippen LogP contribution >= 0.6 is 6.72 Å². The van der Waals surface area contributed by atoms with Crippen molar-refractivity contribution in [2.24, 2.45) is 0 Å². The smallest absolute Gasteiger partial charge is 0.330 e. The molecule has 0 bridgehead atoms. The molecule has 5 atom stereocenters. The minimum atomic E-state index is -3.46. The highest BCUT2D eigenvalue weighted by molar-refractivity contribution is 8.07. The van der Waals surface area contributed by atoms with E-state index < -0.39 is 61.2 Å². The molecule has 2 aliphatic rings. The van der Waals surface area contributed by atoms with Crippen LogP contribution in [0.1, 0.15) is 20.1 Å². The Kier molecular flexibility index (Phi) is 5.19. The fraction of sp³-hybridized carbons (Fsp3) is 0.692. The van der Waals surface area contributed by atoms with E-state index in [1.54, 1.807) is 13.8 Å². The molecule has 1 aromatic rings. The maximum atomic E-state index is 15.0. The number of nitrogens with one attached hydrogen (secondary N) is 1. The van der Waals surface area contributed by atoms with Gasteiger partial charge in [-0.15, -0.1) is 0 Å². The van der Waals surface area contributed by atoms with Crippen LogP contribution in [-0.4, -0.2) is 46.6 Å². The van der Waals surface area contributed by atoms with Crippen LogP contribution in [-0.2, 0) is 30.1 Å². The number of hydrogen-bond acceptors (Lipinski definition) is 7. The van der Waals surface area contributed by atoms with Crippen molar-refractivity contribution < 1.29 is 31.5 Å². The minimum absolute atomic E-state index is 0.433. The number of H-pyrrole nitrogens is 1. The van der Waals surface area contributed by atoms with Gasteiger partial charge in [-0.1, -0.05) is 0 Å². The number of fused-ring (bicyclic) bond motifs is 1. The van der Waals surface area contributed by atoms with Gasteiger partial charge >= 0.3 is 12.4 Å². The zero-order chi connectivity index (χ0) is 19.3. The predicted octanol–water partition coefficient (Wildman–Crippen LogP) is 1.47. The van der Waals surface area contributed by atoms with E-state index in [1.165, 1.54) is 0 Å². The van der Waals surface area contributed by atoms with E-state index in [1.807, 2.05) is 4.98 Å². The number of hydrogen-bond donors (Lipinski definition) is 1. The standard InChI is InChI=1S/C13H16F3N2O6PS/c1-6(2)23-25(26)21-5-13(11(15)16)9(24-25)8(14)10(22-13)18-4-3-7(19)17-12(18)20/h3-4,6,8-11H,5H2,1-2H3,(H,17,19,20)/t8-,9+,10-,13-,25?/m1/s1. The van der Waals surface area contributed by atoms with Gasteiger partial charge in [0.05, 0.1) is 12.7 Å². The van der Waals surface area contributed by atoms with Gasteiger partial charge in [-0.2, -0.15) is 0 Å². The lowest BCUT2D eigenvalue weighted by Crippen LogP contribution is -2.55. The van der Waals surface area contributed by atoms with E-state index in [4.69, 9.17) is 30.1 Å². The number of alkyl halides is 3. The summed E-state index contributed by atoms with van der Waals surface area (Å²) in [6.07, 6.45) is -8.38. The molecule has 0 aliphatic carbocycles. The number of rotatable bonds is 4. The average molecular weight is 416 g/mol. The highest BCUT2D eigenvalue weighted by atomic mass is 32.5. The van der Waals surface area contributed by atoms with Crippen molar-refractivity contribution in [1.29, 1.82) is 0 Å². The van der Waals surface area contributed by atoms with Gasteiger partial charge in [-0.25, -0.2) is 18.0 Å². The molecule has 146 valence electrons. The van der Waals surface area contributed by atoms with E-state index in [2.05, 4.69) is 0 Å². The Labute approximate surface area is 150 Å². The summed E-state index contributed by atoms with van der Waals surface area (Å²) >= 11 is 5.10. The Balaban J connectivity index is 1.99. The van der Waals surface area contributed by atoms with Gasteiger partial charge in [0.1, 0.15) is 6.10 Å². The minimum Gasteiger partial charge on any atom is -0.337 e. The third-order valence-corrected chi connectivity index (χ3v) is 6.35. The van der Waals surface area contributed by atoms with Crippen molar-refractivity contribution in [3.05, 3.63) is 33.1 Å². The molecule has 0 amide bonds. The highest BCUT2D eigenvalue weighted by Gasteiger charge is 2.67. The number of ether oxygens (including phenoxy) is 1. The van der Waals surface area contributed by atoms with Crippen LogP contribution in [0, 0.1) is 0 Å². The molecular formula is C13H16F3N2O6PS. The Morgan fingerprint density at radius 3 is 2.73 bits per heavy atom. The van der Waals surface area contributed by atoms with Crippen molar-refractivity contribution in [3.8, 4) is 0 Å². The second kappa shape index (κ2) is 6.84. The average Bonchev–Trinajstić information content (AvgIpc) is 2.80. The first kappa shape index (κ1) is 19.7. The molecule has 0 saturated carbocycles. The molecule has 2 saturated heterocycles. The quantitative estimate of drug-likeness (QED) is 0.744. The van der Waals surface area contributed by atoms with Crippen LogP contribution in [0.3, 0.4) is 0 Å². The van der Waals surface area contributed by atoms with Crippen molar-refractivity contribution in [2.45, 2.75) is 50.5 Å². The molecule has 3 rings (SSSR count). The normalized spacial score (nSPS) is 37.3. The number of nitrogens with zero attached hydrogens (tertiary/aromatic N) is 1. The maximum Gasteiger partial charge on any atom is 0.330 e. The van der Waals surface area contributed by atoms with Gasteiger partial charge in [0.2, 0.25) is 0 Å². The molecule has 1 N–H and O–H groups in total. The summed E-state index contributed by atoms with van der Waals surface area (Å²) in [6, 6.07) is 0.943. The first-order chi connectivity index (χ1) is 12.1. The van der Waals surface area contributed by atoms with E-state index in [0.29, 0.717) is 4.57 Å². The zero-order valence-electron chi connectivity index (χ0n) is 13.6. The topological polar surface area (TPSA) is 91.8 Å². The second-order valence-corrected chi connectivity index (χ2v) is 9.04. The largest absolute Gasteiger partial charge is 0.337 e. The van der Waals surface area contributed by atoms with Crippen LogP contribution in [0.2, 0.25) is 0 Å². The number of aromatic nitrogens is 2. The van der Waals surface area contributed by atoms with Gasteiger partial charge in [0.25, 0.3) is 12.0 Å². The van der Waals surface area contributed by atoms with Crippen molar-refractivity contribution in [1.82, 2.24) is 9.55 Å². The monoisotopic (exact) mass is 416 g/mol. The Bertz CT molecular complexity index is 848. The molecule has 1 unspecified atom stereocenters. The van der Waals surface area contributed by atoms with Crippen molar-refractivity contribution in [2.75, 3.05) is 6.61 Å². The molecule has 2 aliphatic heterocycles. The lowest BCUT2D eigenvalue weighted by Gasteiger charge is -2.41. The molecule has 0 spiro atoms. The molecular weight excluding hydrogens is 400 g/mol. The molecule has 1 aromatic heterocycles. The zero-order valence-corrected chi connectivity index (χ0v) is 15.3. The van der Waals surface area contributed by atoms with Crippen LogP contribution in [0.5, 0.6) is 0 Å². The van der Waals surface area contributed by atoms with Crippen molar-refractivity contribution in [3.63, 3.8) is 0 Å². The maximum absolute atomic E-state index is 15.0. The lowest BCUT2D eigenvalue weighted by atomic mass is 9.97. The first-order valence-corrected chi connectivity index (χ1v) is 10.2. The molecule has 3 heterocycles. The summed E-state index contributed by atoms with van der Waals surface area (Å²) in [5.74, 6) is 0. The van der Waals surface area contributed by atoms with Crippen LogP contribution < -0.4 is 11.2 Å². The summed E-state index contributed by atoms with van der Waals surface area (Å²) in [7, 11) is 0. The summed E-state index contributed by atoms with van der Waals surface area (Å²) in [5, 5.41) is 0. The summed E-state index contributed by atoms with van der Waals surface area (Å²) in [6.45, 7) is -0.947. The first-order valence-electron chi connectivity index (χ1n) is 7.61. The van der Waals surface area contributed by atoms with Gasteiger partial charge in [-0.3, -0.25) is 18.9 Å². The predicted molar refractivity (Wildman–Crippen MR) is 86.4 cm³/mol. The fourth-order valence-corrected chi connectivity index (χ4v) is 5.35.